The monoisotopic (exact) mass is 283 g/mol. The Bertz CT molecular complexity index is 363. The van der Waals surface area contributed by atoms with Gasteiger partial charge in [-0.2, -0.15) is 0 Å². The zero-order valence-electron chi connectivity index (χ0n) is 10.0. The third-order valence-corrected chi connectivity index (χ3v) is 2.68. The lowest BCUT2D eigenvalue weighted by Gasteiger charge is -2.18. The summed E-state index contributed by atoms with van der Waals surface area (Å²) >= 11 is 3.45. The van der Waals surface area contributed by atoms with Gasteiger partial charge in [0.1, 0.15) is 0 Å². The molecule has 0 aliphatic heterocycles. The minimum absolute atomic E-state index is 0.164. The molecule has 0 saturated heterocycles. The Kier molecular flexibility index (Phi) is 5.00. The number of aryl methyl sites for hydroxylation is 1. The van der Waals surface area contributed by atoms with E-state index < -0.39 is 0 Å². The van der Waals surface area contributed by atoms with Crippen LogP contribution in [-0.2, 0) is 11.2 Å². The maximum absolute atomic E-state index is 11.9. The van der Waals surface area contributed by atoms with Crippen molar-refractivity contribution in [3.63, 3.8) is 0 Å². The van der Waals surface area contributed by atoms with Gasteiger partial charge in [0.05, 0.1) is 6.42 Å². The summed E-state index contributed by atoms with van der Waals surface area (Å²) in [5, 5.41) is 0. The van der Waals surface area contributed by atoms with Crippen LogP contribution in [0.3, 0.4) is 0 Å². The molecule has 3 heteroatoms. The van der Waals surface area contributed by atoms with Crippen LogP contribution in [0.15, 0.2) is 24.3 Å². The molecule has 1 atom stereocenters. The first-order valence-electron chi connectivity index (χ1n) is 5.42. The van der Waals surface area contributed by atoms with E-state index in [0.717, 1.165) is 12.1 Å². The minimum Gasteiger partial charge on any atom is -0.344 e. The molecular formula is C13H18BrNO. The summed E-state index contributed by atoms with van der Waals surface area (Å²) in [7, 11) is 1.84. The number of rotatable bonds is 4. The van der Waals surface area contributed by atoms with Crippen molar-refractivity contribution in [2.45, 2.75) is 25.1 Å². The van der Waals surface area contributed by atoms with E-state index in [0.29, 0.717) is 11.2 Å². The topological polar surface area (TPSA) is 20.3 Å². The molecule has 1 rings (SSSR count). The largest absolute Gasteiger partial charge is 0.344 e. The van der Waals surface area contributed by atoms with Gasteiger partial charge in [0.2, 0.25) is 5.91 Å². The van der Waals surface area contributed by atoms with Crippen molar-refractivity contribution in [2.75, 3.05) is 13.6 Å². The fourth-order valence-electron chi connectivity index (χ4n) is 1.61. The fraction of sp³-hybridized carbons (Fsp3) is 0.462. The first-order chi connectivity index (χ1) is 7.49. The highest BCUT2D eigenvalue weighted by Crippen LogP contribution is 2.07. The highest BCUT2D eigenvalue weighted by Gasteiger charge is 2.11. The van der Waals surface area contributed by atoms with E-state index in [2.05, 4.69) is 22.0 Å². The Hall–Kier alpha value is -0.830. The van der Waals surface area contributed by atoms with Crippen molar-refractivity contribution in [2.24, 2.45) is 0 Å². The maximum atomic E-state index is 11.9. The molecule has 16 heavy (non-hydrogen) atoms. The van der Waals surface area contributed by atoms with Crippen LogP contribution < -0.4 is 0 Å². The summed E-state index contributed by atoms with van der Waals surface area (Å²) in [5.74, 6) is 0.164. The van der Waals surface area contributed by atoms with Crippen molar-refractivity contribution < 1.29 is 4.79 Å². The van der Waals surface area contributed by atoms with Gasteiger partial charge < -0.3 is 4.90 Å². The number of carbonyl (C=O) groups excluding carboxylic acids is 1. The summed E-state index contributed by atoms with van der Waals surface area (Å²) in [6.07, 6.45) is 0.484. The van der Waals surface area contributed by atoms with Gasteiger partial charge in [-0.25, -0.2) is 0 Å². The summed E-state index contributed by atoms with van der Waals surface area (Å²) < 4.78 is 0. The Morgan fingerprint density at radius 3 is 2.75 bits per heavy atom. The van der Waals surface area contributed by atoms with E-state index in [1.54, 1.807) is 4.90 Å². The zero-order chi connectivity index (χ0) is 12.1. The van der Waals surface area contributed by atoms with Crippen LogP contribution in [0.5, 0.6) is 0 Å². The van der Waals surface area contributed by atoms with Crippen molar-refractivity contribution >= 4 is 21.8 Å². The number of likely N-dealkylation sites (N-methyl/N-ethyl adjacent to an activating group) is 1. The molecule has 88 valence electrons. The lowest BCUT2D eigenvalue weighted by Crippen LogP contribution is -2.32. The zero-order valence-corrected chi connectivity index (χ0v) is 11.6. The highest BCUT2D eigenvalue weighted by atomic mass is 79.9. The minimum atomic E-state index is 0.164. The van der Waals surface area contributed by atoms with Gasteiger partial charge in [0.15, 0.2) is 0 Å². The fourth-order valence-corrected chi connectivity index (χ4v) is 2.05. The molecule has 0 spiro atoms. The average Bonchev–Trinajstić information content (AvgIpc) is 2.16. The lowest BCUT2D eigenvalue weighted by atomic mass is 10.1. The van der Waals surface area contributed by atoms with Gasteiger partial charge >= 0.3 is 0 Å². The molecular weight excluding hydrogens is 266 g/mol. The Labute approximate surface area is 106 Å². The molecule has 2 nitrogen and oxygen atoms in total. The van der Waals surface area contributed by atoms with Crippen molar-refractivity contribution in [3.8, 4) is 0 Å². The van der Waals surface area contributed by atoms with Crippen molar-refractivity contribution in [1.82, 2.24) is 4.90 Å². The Morgan fingerprint density at radius 2 is 2.19 bits per heavy atom. The molecule has 1 unspecified atom stereocenters. The van der Waals surface area contributed by atoms with Gasteiger partial charge in [0.25, 0.3) is 0 Å². The van der Waals surface area contributed by atoms with Crippen LogP contribution in [0.25, 0.3) is 0 Å². The van der Waals surface area contributed by atoms with E-state index in [1.807, 2.05) is 39.1 Å². The molecule has 0 aliphatic rings. The summed E-state index contributed by atoms with van der Waals surface area (Å²) in [5.41, 5.74) is 2.28. The van der Waals surface area contributed by atoms with Gasteiger partial charge in [-0.1, -0.05) is 52.7 Å². The first kappa shape index (κ1) is 13.2. The normalized spacial score (nSPS) is 12.2. The standard InChI is InChI=1S/C13H18BrNO/c1-10-5-4-6-12(7-10)8-13(16)15(3)9-11(2)14/h4-7,11H,8-9H2,1-3H3. The van der Waals surface area contributed by atoms with Crippen LogP contribution in [-0.4, -0.2) is 29.2 Å². The van der Waals surface area contributed by atoms with Crippen molar-refractivity contribution in [1.29, 1.82) is 0 Å². The molecule has 0 radical (unpaired) electrons. The molecule has 0 aliphatic carbocycles. The van der Waals surface area contributed by atoms with Crippen LogP contribution >= 0.6 is 15.9 Å². The molecule has 0 aromatic heterocycles. The number of carbonyl (C=O) groups is 1. The average molecular weight is 284 g/mol. The Morgan fingerprint density at radius 1 is 1.50 bits per heavy atom. The van der Waals surface area contributed by atoms with E-state index in [-0.39, 0.29) is 5.91 Å². The number of nitrogens with zero attached hydrogens (tertiary/aromatic N) is 1. The second-order valence-electron chi connectivity index (χ2n) is 4.22. The second kappa shape index (κ2) is 6.04. The van der Waals surface area contributed by atoms with E-state index in [9.17, 15) is 4.79 Å². The molecule has 0 saturated carbocycles. The SMILES string of the molecule is Cc1cccc(CC(=O)N(C)CC(C)Br)c1. The summed E-state index contributed by atoms with van der Waals surface area (Å²) in [4.78, 5) is 14.0. The highest BCUT2D eigenvalue weighted by molar-refractivity contribution is 9.09. The second-order valence-corrected chi connectivity index (χ2v) is 5.78. The molecule has 0 heterocycles. The molecule has 0 fully saturated rings. The van der Waals surface area contributed by atoms with Crippen LogP contribution in [0.1, 0.15) is 18.1 Å². The van der Waals surface area contributed by atoms with Crippen LogP contribution in [0.4, 0.5) is 0 Å². The smallest absolute Gasteiger partial charge is 0.226 e. The summed E-state index contributed by atoms with van der Waals surface area (Å²) in [6.45, 7) is 4.82. The predicted octanol–water partition coefficient (Wildman–Crippen LogP) is 2.78. The van der Waals surface area contributed by atoms with Crippen molar-refractivity contribution in [3.05, 3.63) is 35.4 Å². The number of benzene rings is 1. The first-order valence-corrected chi connectivity index (χ1v) is 6.34. The van der Waals surface area contributed by atoms with Crippen LogP contribution in [0, 0.1) is 6.92 Å². The molecule has 1 aromatic rings. The van der Waals surface area contributed by atoms with Gasteiger partial charge in [-0.15, -0.1) is 0 Å². The number of hydrogen-bond acceptors (Lipinski definition) is 1. The number of hydrogen-bond donors (Lipinski definition) is 0. The van der Waals surface area contributed by atoms with Gasteiger partial charge in [-0.05, 0) is 12.5 Å². The maximum Gasteiger partial charge on any atom is 0.226 e. The van der Waals surface area contributed by atoms with E-state index in [1.165, 1.54) is 5.56 Å². The number of amides is 1. The number of halogens is 1. The predicted molar refractivity (Wildman–Crippen MR) is 70.9 cm³/mol. The molecule has 1 amide bonds. The summed E-state index contributed by atoms with van der Waals surface area (Å²) in [6, 6.07) is 8.09. The third-order valence-electron chi connectivity index (χ3n) is 2.39. The molecule has 1 aromatic carbocycles. The van der Waals surface area contributed by atoms with Gasteiger partial charge in [-0.3, -0.25) is 4.79 Å². The van der Waals surface area contributed by atoms with E-state index in [4.69, 9.17) is 0 Å². The Balaban J connectivity index is 2.57. The van der Waals surface area contributed by atoms with E-state index >= 15 is 0 Å². The van der Waals surface area contributed by atoms with Gasteiger partial charge in [0, 0.05) is 18.4 Å². The quantitative estimate of drug-likeness (QED) is 0.779. The lowest BCUT2D eigenvalue weighted by molar-refractivity contribution is -0.129. The number of alkyl halides is 1. The molecule has 0 bridgehead atoms. The van der Waals surface area contributed by atoms with Crippen LogP contribution in [0.2, 0.25) is 0 Å². The third kappa shape index (κ3) is 4.35. The molecule has 0 N–H and O–H groups in total.